The first-order valence-corrected chi connectivity index (χ1v) is 8.13. The average molecular weight is 312 g/mol. The fourth-order valence-electron chi connectivity index (χ4n) is 1.38. The molecule has 0 bridgehead atoms. The van der Waals surface area contributed by atoms with E-state index in [0.717, 1.165) is 0 Å². The molecule has 0 aliphatic carbocycles. The summed E-state index contributed by atoms with van der Waals surface area (Å²) >= 11 is 7.34. The molecule has 0 amide bonds. The lowest BCUT2D eigenvalue weighted by Gasteiger charge is -2.03. The van der Waals surface area contributed by atoms with E-state index >= 15 is 0 Å². The minimum Gasteiger partial charge on any atom is -0.296 e. The van der Waals surface area contributed by atoms with Crippen LogP contribution in [0.15, 0.2) is 16.6 Å². The molecule has 0 aliphatic heterocycles. The van der Waals surface area contributed by atoms with Crippen LogP contribution in [0.2, 0.25) is 5.02 Å². The molecule has 92 valence electrons. The fourth-order valence-corrected chi connectivity index (χ4v) is 3.47. The first-order valence-electron chi connectivity index (χ1n) is 4.56. The maximum absolute atomic E-state index is 11.3. The molecule has 5 nitrogen and oxygen atoms in total. The summed E-state index contributed by atoms with van der Waals surface area (Å²) in [7, 11) is 1.37. The lowest BCUT2D eigenvalue weighted by Crippen LogP contribution is -2.05. The minimum absolute atomic E-state index is 0.263. The van der Waals surface area contributed by atoms with Crippen molar-refractivity contribution in [2.45, 2.75) is 18.6 Å². The number of halogens is 2. The highest BCUT2D eigenvalue weighted by molar-refractivity contribution is 8.13. The highest BCUT2D eigenvalue weighted by Gasteiger charge is 2.23. The third-order valence-corrected chi connectivity index (χ3v) is 4.56. The van der Waals surface area contributed by atoms with Gasteiger partial charge in [-0.15, -0.1) is 21.5 Å². The Kier molecular flexibility index (Phi) is 3.44. The molecule has 2 rings (SSSR count). The van der Waals surface area contributed by atoms with Gasteiger partial charge < -0.3 is 0 Å². The Labute approximate surface area is 111 Å². The van der Waals surface area contributed by atoms with Crippen LogP contribution in [0.25, 0.3) is 10.7 Å². The fraction of sp³-hybridized carbons (Fsp3) is 0.250. The van der Waals surface area contributed by atoms with Gasteiger partial charge in [-0.25, -0.2) is 8.42 Å². The van der Waals surface area contributed by atoms with E-state index in [9.17, 15) is 8.42 Å². The largest absolute Gasteiger partial charge is 0.296 e. The maximum Gasteiger partial charge on any atom is 0.296 e. The van der Waals surface area contributed by atoms with E-state index in [1.165, 1.54) is 15.9 Å². The Hall–Kier alpha value is -0.630. The molecular formula is C8H7Cl2N3O2S2. The van der Waals surface area contributed by atoms with E-state index in [2.05, 4.69) is 10.2 Å². The predicted octanol–water partition coefficient (Wildman–Crippen LogP) is 2.61. The Morgan fingerprint density at radius 2 is 2.18 bits per heavy atom. The summed E-state index contributed by atoms with van der Waals surface area (Å²) in [6, 6.07) is 1.71. The van der Waals surface area contributed by atoms with Crippen molar-refractivity contribution in [1.29, 1.82) is 0 Å². The molecule has 0 atom stereocenters. The van der Waals surface area contributed by atoms with Gasteiger partial charge in [0.2, 0.25) is 0 Å². The van der Waals surface area contributed by atoms with Crippen molar-refractivity contribution in [2.75, 3.05) is 0 Å². The van der Waals surface area contributed by atoms with E-state index in [-0.39, 0.29) is 5.16 Å². The third kappa shape index (κ3) is 2.33. The molecule has 0 radical (unpaired) electrons. The van der Waals surface area contributed by atoms with Crippen LogP contribution >= 0.6 is 33.6 Å². The number of nitrogens with zero attached hydrogens (tertiary/aromatic N) is 3. The smallest absolute Gasteiger partial charge is 0.296 e. The van der Waals surface area contributed by atoms with Gasteiger partial charge in [0, 0.05) is 17.2 Å². The first-order chi connectivity index (χ1) is 7.95. The summed E-state index contributed by atoms with van der Waals surface area (Å²) in [4.78, 5) is 0.674. The van der Waals surface area contributed by atoms with Crippen molar-refractivity contribution in [2.24, 2.45) is 0 Å². The number of aromatic nitrogens is 3. The summed E-state index contributed by atoms with van der Waals surface area (Å²) in [6.45, 7) is 2.16. The Bertz CT molecular complexity index is 648. The second kappa shape index (κ2) is 4.56. The first kappa shape index (κ1) is 12.8. The van der Waals surface area contributed by atoms with Gasteiger partial charge in [0.1, 0.15) is 0 Å². The van der Waals surface area contributed by atoms with Gasteiger partial charge in [0.05, 0.1) is 9.90 Å². The SMILES string of the molecule is CCn1c(-c2sccc2Cl)nnc1S(=O)(=O)Cl. The van der Waals surface area contributed by atoms with Crippen LogP contribution in [0.3, 0.4) is 0 Å². The van der Waals surface area contributed by atoms with Gasteiger partial charge in [-0.3, -0.25) is 4.57 Å². The van der Waals surface area contributed by atoms with Crippen LogP contribution in [0.1, 0.15) is 6.92 Å². The summed E-state index contributed by atoms with van der Waals surface area (Å²) < 4.78 is 24.0. The number of rotatable bonds is 3. The molecule has 2 heterocycles. The second-order valence-corrected chi connectivity index (χ2v) is 6.87. The normalized spacial score (nSPS) is 11.9. The molecule has 17 heavy (non-hydrogen) atoms. The number of hydrogen-bond acceptors (Lipinski definition) is 5. The van der Waals surface area contributed by atoms with Gasteiger partial charge >= 0.3 is 0 Å². The number of hydrogen-bond donors (Lipinski definition) is 0. The summed E-state index contributed by atoms with van der Waals surface area (Å²) in [5.41, 5.74) is 0. The third-order valence-electron chi connectivity index (χ3n) is 2.07. The quantitative estimate of drug-likeness (QED) is 0.817. The van der Waals surface area contributed by atoms with E-state index in [1.807, 2.05) is 0 Å². The molecular weight excluding hydrogens is 305 g/mol. The van der Waals surface area contributed by atoms with Gasteiger partial charge in [0.15, 0.2) is 5.82 Å². The van der Waals surface area contributed by atoms with Crippen LogP contribution in [0.5, 0.6) is 0 Å². The predicted molar refractivity (Wildman–Crippen MR) is 67.1 cm³/mol. The van der Waals surface area contributed by atoms with Crippen molar-refractivity contribution in [3.05, 3.63) is 16.5 Å². The van der Waals surface area contributed by atoms with Crippen LogP contribution < -0.4 is 0 Å². The molecule has 0 saturated carbocycles. The Balaban J connectivity index is 2.66. The van der Waals surface area contributed by atoms with E-state index < -0.39 is 9.05 Å². The zero-order valence-corrected chi connectivity index (χ0v) is 11.7. The summed E-state index contributed by atoms with van der Waals surface area (Å²) in [5.74, 6) is 0.409. The van der Waals surface area contributed by atoms with E-state index in [4.69, 9.17) is 22.3 Å². The molecule has 0 saturated heterocycles. The standard InChI is InChI=1S/C8H7Cl2N3O2S2/c1-2-13-7(6-5(9)3-4-16-6)11-12-8(13)17(10,14)15/h3-4H,2H2,1H3. The van der Waals surface area contributed by atoms with E-state index in [1.54, 1.807) is 18.4 Å². The van der Waals surface area contributed by atoms with Crippen molar-refractivity contribution >= 4 is 42.7 Å². The monoisotopic (exact) mass is 311 g/mol. The zero-order valence-electron chi connectivity index (χ0n) is 8.59. The van der Waals surface area contributed by atoms with Crippen molar-refractivity contribution in [3.8, 4) is 10.7 Å². The molecule has 0 spiro atoms. The number of thiophene rings is 1. The van der Waals surface area contributed by atoms with Crippen LogP contribution in [0, 0.1) is 0 Å². The average Bonchev–Trinajstić information content (AvgIpc) is 2.81. The summed E-state index contributed by atoms with van der Waals surface area (Å²) in [6.07, 6.45) is 0. The molecule has 0 aromatic carbocycles. The zero-order chi connectivity index (χ0) is 12.6. The van der Waals surface area contributed by atoms with Crippen molar-refractivity contribution in [1.82, 2.24) is 14.8 Å². The van der Waals surface area contributed by atoms with Crippen LogP contribution in [-0.4, -0.2) is 23.2 Å². The molecule has 0 fully saturated rings. The maximum atomic E-state index is 11.3. The van der Waals surface area contributed by atoms with Crippen LogP contribution in [0.4, 0.5) is 0 Å². The lowest BCUT2D eigenvalue weighted by molar-refractivity contribution is 0.583. The Morgan fingerprint density at radius 3 is 2.65 bits per heavy atom. The molecule has 0 aliphatic rings. The van der Waals surface area contributed by atoms with Gasteiger partial charge in [-0.05, 0) is 18.4 Å². The highest BCUT2D eigenvalue weighted by atomic mass is 35.7. The second-order valence-electron chi connectivity index (χ2n) is 3.09. The van der Waals surface area contributed by atoms with Crippen LogP contribution in [-0.2, 0) is 15.6 Å². The lowest BCUT2D eigenvalue weighted by atomic mass is 10.4. The van der Waals surface area contributed by atoms with E-state index in [0.29, 0.717) is 22.3 Å². The molecule has 0 unspecified atom stereocenters. The van der Waals surface area contributed by atoms with Gasteiger partial charge in [-0.2, -0.15) is 0 Å². The van der Waals surface area contributed by atoms with Gasteiger partial charge in [0.25, 0.3) is 14.2 Å². The molecule has 2 aromatic heterocycles. The summed E-state index contributed by atoms with van der Waals surface area (Å²) in [5, 5.41) is 9.47. The highest BCUT2D eigenvalue weighted by Crippen LogP contribution is 2.33. The minimum atomic E-state index is -3.91. The van der Waals surface area contributed by atoms with Crippen molar-refractivity contribution in [3.63, 3.8) is 0 Å². The molecule has 2 aromatic rings. The Morgan fingerprint density at radius 1 is 1.47 bits per heavy atom. The van der Waals surface area contributed by atoms with Crippen molar-refractivity contribution < 1.29 is 8.42 Å². The topological polar surface area (TPSA) is 64.8 Å². The molecule has 9 heteroatoms. The van der Waals surface area contributed by atoms with Gasteiger partial charge in [-0.1, -0.05) is 11.6 Å². The molecule has 0 N–H and O–H groups in total.